The third kappa shape index (κ3) is 5.65. The van der Waals surface area contributed by atoms with Crippen molar-refractivity contribution in [3.05, 3.63) is 54.6 Å². The molecule has 7 nitrogen and oxygen atoms in total. The van der Waals surface area contributed by atoms with Crippen LogP contribution < -0.4 is 14.4 Å². The van der Waals surface area contributed by atoms with Crippen molar-refractivity contribution in [3.63, 3.8) is 0 Å². The van der Waals surface area contributed by atoms with Gasteiger partial charge in [-0.1, -0.05) is 30.3 Å². The lowest BCUT2D eigenvalue weighted by atomic mass is 10.0. The predicted octanol–water partition coefficient (Wildman–Crippen LogP) is 3.26. The van der Waals surface area contributed by atoms with Crippen molar-refractivity contribution in [2.45, 2.75) is 25.0 Å². The predicted molar refractivity (Wildman–Crippen MR) is 127 cm³/mol. The van der Waals surface area contributed by atoms with E-state index in [9.17, 15) is 9.90 Å². The maximum Gasteiger partial charge on any atom is 0.324 e. The van der Waals surface area contributed by atoms with Crippen LogP contribution in [-0.4, -0.2) is 79.5 Å². The molecular formula is C24H32ClN3O4. The third-order valence-corrected chi connectivity index (χ3v) is 6.08. The molecular weight excluding hydrogens is 430 g/mol. The number of hydrogen-bond donors (Lipinski definition) is 1. The summed E-state index contributed by atoms with van der Waals surface area (Å²) in [6.45, 7) is 4.02. The van der Waals surface area contributed by atoms with Crippen molar-refractivity contribution in [3.8, 4) is 11.5 Å². The molecule has 2 saturated heterocycles. The zero-order chi connectivity index (χ0) is 21.6. The number of β-amino-alcohol motifs (C(OH)–C–C–N with tert-alkyl or cyclic N) is 1. The second-order valence-corrected chi connectivity index (χ2v) is 8.11. The van der Waals surface area contributed by atoms with Crippen LogP contribution in [0.1, 0.15) is 12.8 Å². The van der Waals surface area contributed by atoms with Crippen LogP contribution >= 0.6 is 12.4 Å². The fourth-order valence-electron chi connectivity index (χ4n) is 4.43. The molecule has 1 unspecified atom stereocenters. The number of anilines is 1. The standard InChI is InChI=1S/C24H31N3O4.ClH/c1-30-22-9-5-6-10-23(22)31-18-21(28)17-25-13-11-20(12-14-25)27-16-15-26(24(27)29)19-7-3-2-4-8-19;/h2-10,20-21,28H,11-18H2,1H3;1H. The lowest BCUT2D eigenvalue weighted by Gasteiger charge is -2.37. The molecule has 2 aliphatic heterocycles. The summed E-state index contributed by atoms with van der Waals surface area (Å²) in [6, 6.07) is 17.7. The largest absolute Gasteiger partial charge is 0.493 e. The summed E-state index contributed by atoms with van der Waals surface area (Å²) in [6.07, 6.45) is 1.27. The molecule has 174 valence electrons. The van der Waals surface area contributed by atoms with Gasteiger partial charge in [0.15, 0.2) is 11.5 Å². The fourth-order valence-corrected chi connectivity index (χ4v) is 4.43. The lowest BCUT2D eigenvalue weighted by molar-refractivity contribution is 0.0502. The van der Waals surface area contributed by atoms with E-state index in [-0.39, 0.29) is 31.1 Å². The molecule has 2 aromatic rings. The van der Waals surface area contributed by atoms with E-state index in [2.05, 4.69) is 4.90 Å². The number of halogens is 1. The molecule has 4 rings (SSSR count). The Labute approximate surface area is 195 Å². The van der Waals surface area contributed by atoms with E-state index < -0.39 is 6.10 Å². The van der Waals surface area contributed by atoms with Crippen molar-refractivity contribution in [2.75, 3.05) is 51.3 Å². The molecule has 0 saturated carbocycles. The van der Waals surface area contributed by atoms with Crippen LogP contribution in [0.3, 0.4) is 0 Å². The number of carbonyl (C=O) groups excluding carboxylic acids is 1. The first-order valence-electron chi connectivity index (χ1n) is 10.9. The van der Waals surface area contributed by atoms with E-state index in [1.165, 1.54) is 0 Å². The molecule has 0 radical (unpaired) electrons. The van der Waals surface area contributed by atoms with Crippen LogP contribution in [0.15, 0.2) is 54.6 Å². The maximum atomic E-state index is 12.9. The number of rotatable bonds is 8. The first kappa shape index (κ1) is 24.2. The maximum absolute atomic E-state index is 12.9. The smallest absolute Gasteiger partial charge is 0.324 e. The van der Waals surface area contributed by atoms with Crippen molar-refractivity contribution >= 4 is 24.1 Å². The number of ether oxygens (including phenoxy) is 2. The highest BCUT2D eigenvalue weighted by atomic mass is 35.5. The van der Waals surface area contributed by atoms with E-state index in [0.29, 0.717) is 18.0 Å². The number of aliphatic hydroxyl groups is 1. The van der Waals surface area contributed by atoms with Crippen molar-refractivity contribution in [2.24, 2.45) is 0 Å². The summed E-state index contributed by atoms with van der Waals surface area (Å²) in [5.74, 6) is 1.30. The van der Waals surface area contributed by atoms with E-state index in [1.807, 2.05) is 64.4 Å². The SMILES string of the molecule is COc1ccccc1OCC(O)CN1CCC(N2CCN(c3ccccc3)C2=O)CC1.Cl. The normalized spacial score (nSPS) is 18.4. The Morgan fingerprint density at radius 1 is 0.969 bits per heavy atom. The number of hydrogen-bond acceptors (Lipinski definition) is 5. The Bertz CT molecular complexity index is 861. The Balaban J connectivity index is 0.00000289. The number of nitrogens with zero attached hydrogens (tertiary/aromatic N) is 3. The van der Waals surface area contributed by atoms with Gasteiger partial charge >= 0.3 is 6.03 Å². The molecule has 32 heavy (non-hydrogen) atoms. The summed E-state index contributed by atoms with van der Waals surface area (Å²) < 4.78 is 11.0. The van der Waals surface area contributed by atoms with Crippen LogP contribution in [0, 0.1) is 0 Å². The number of likely N-dealkylation sites (tertiary alicyclic amines) is 1. The molecule has 1 N–H and O–H groups in total. The molecule has 0 aliphatic carbocycles. The van der Waals surface area contributed by atoms with Crippen LogP contribution in [0.4, 0.5) is 10.5 Å². The van der Waals surface area contributed by atoms with Crippen molar-refractivity contribution in [1.82, 2.24) is 9.80 Å². The van der Waals surface area contributed by atoms with Gasteiger partial charge in [-0.05, 0) is 37.1 Å². The summed E-state index contributed by atoms with van der Waals surface area (Å²) in [7, 11) is 1.60. The summed E-state index contributed by atoms with van der Waals surface area (Å²) in [5, 5.41) is 10.4. The van der Waals surface area contributed by atoms with E-state index in [1.54, 1.807) is 7.11 Å². The van der Waals surface area contributed by atoms with Gasteiger partial charge in [-0.2, -0.15) is 0 Å². The molecule has 2 fully saturated rings. The third-order valence-electron chi connectivity index (χ3n) is 6.08. The number of benzene rings is 2. The number of methoxy groups -OCH3 is 1. The van der Waals surface area contributed by atoms with Gasteiger partial charge in [-0.3, -0.25) is 4.90 Å². The minimum Gasteiger partial charge on any atom is -0.493 e. The molecule has 2 heterocycles. The number of piperidine rings is 1. The molecule has 0 aromatic heterocycles. The van der Waals surface area contributed by atoms with E-state index in [0.717, 1.165) is 44.7 Å². The van der Waals surface area contributed by atoms with Crippen LogP contribution in [-0.2, 0) is 0 Å². The van der Waals surface area contributed by atoms with Crippen molar-refractivity contribution < 1.29 is 19.4 Å². The number of amides is 2. The quantitative estimate of drug-likeness (QED) is 0.653. The minimum absolute atomic E-state index is 0. The van der Waals surface area contributed by atoms with Gasteiger partial charge in [0.25, 0.3) is 0 Å². The average molecular weight is 462 g/mol. The number of para-hydroxylation sites is 3. The van der Waals surface area contributed by atoms with Gasteiger partial charge < -0.3 is 24.4 Å². The second-order valence-electron chi connectivity index (χ2n) is 8.11. The molecule has 2 amide bonds. The van der Waals surface area contributed by atoms with Gasteiger partial charge in [0.2, 0.25) is 0 Å². The topological polar surface area (TPSA) is 65.5 Å². The highest BCUT2D eigenvalue weighted by Gasteiger charge is 2.36. The Hall–Kier alpha value is -2.48. The monoisotopic (exact) mass is 461 g/mol. The zero-order valence-corrected chi connectivity index (χ0v) is 19.2. The first-order chi connectivity index (χ1) is 15.2. The second kappa shape index (κ2) is 11.4. The van der Waals surface area contributed by atoms with E-state index in [4.69, 9.17) is 9.47 Å². The Morgan fingerprint density at radius 3 is 2.31 bits per heavy atom. The van der Waals surface area contributed by atoms with Crippen molar-refractivity contribution in [1.29, 1.82) is 0 Å². The lowest BCUT2D eigenvalue weighted by Crippen LogP contribution is -2.48. The molecule has 2 aliphatic rings. The van der Waals surface area contributed by atoms with Gasteiger partial charge in [0.1, 0.15) is 12.7 Å². The Morgan fingerprint density at radius 2 is 1.62 bits per heavy atom. The Kier molecular flexibility index (Phi) is 8.61. The van der Waals surface area contributed by atoms with Crippen LogP contribution in [0.25, 0.3) is 0 Å². The van der Waals surface area contributed by atoms with Gasteiger partial charge in [0.05, 0.1) is 7.11 Å². The molecule has 2 aromatic carbocycles. The summed E-state index contributed by atoms with van der Waals surface area (Å²) in [4.78, 5) is 19.0. The highest BCUT2D eigenvalue weighted by Crippen LogP contribution is 2.27. The number of carbonyl (C=O) groups is 1. The minimum atomic E-state index is -0.580. The first-order valence-corrected chi connectivity index (χ1v) is 10.9. The van der Waals surface area contributed by atoms with Gasteiger partial charge in [-0.25, -0.2) is 4.79 Å². The summed E-state index contributed by atoms with van der Waals surface area (Å²) in [5.41, 5.74) is 0.964. The number of aliphatic hydroxyl groups excluding tert-OH is 1. The molecule has 0 bridgehead atoms. The fraction of sp³-hybridized carbons (Fsp3) is 0.458. The zero-order valence-electron chi connectivity index (χ0n) is 18.4. The van der Waals surface area contributed by atoms with Crippen LogP contribution in [0.2, 0.25) is 0 Å². The highest BCUT2D eigenvalue weighted by molar-refractivity contribution is 5.94. The molecule has 8 heteroatoms. The van der Waals surface area contributed by atoms with E-state index >= 15 is 0 Å². The molecule has 0 spiro atoms. The average Bonchev–Trinajstić information content (AvgIpc) is 3.20. The van der Waals surface area contributed by atoms with Gasteiger partial charge in [-0.15, -0.1) is 12.4 Å². The summed E-state index contributed by atoms with van der Waals surface area (Å²) >= 11 is 0. The number of urea groups is 1. The van der Waals surface area contributed by atoms with Crippen LogP contribution in [0.5, 0.6) is 11.5 Å². The van der Waals surface area contributed by atoms with Gasteiger partial charge in [0, 0.05) is 44.5 Å². The molecule has 1 atom stereocenters.